The summed E-state index contributed by atoms with van der Waals surface area (Å²) in [4.78, 5) is 4.23. The van der Waals surface area contributed by atoms with Crippen molar-refractivity contribution in [2.24, 2.45) is 0 Å². The maximum Gasteiger partial charge on any atom is 0.130 e. The minimum atomic E-state index is -0.407. The van der Waals surface area contributed by atoms with Gasteiger partial charge in [0.15, 0.2) is 0 Å². The Hall–Kier alpha value is -1.87. The highest BCUT2D eigenvalue weighted by atomic mass is 16.5. The van der Waals surface area contributed by atoms with Gasteiger partial charge in [0, 0.05) is 6.20 Å². The molecule has 2 aromatic rings. The summed E-state index contributed by atoms with van der Waals surface area (Å²) in [6.45, 7) is 2.61. The molecule has 1 atom stereocenters. The van der Waals surface area contributed by atoms with Gasteiger partial charge in [0.05, 0.1) is 11.8 Å². The van der Waals surface area contributed by atoms with E-state index >= 15 is 0 Å². The molecule has 0 radical (unpaired) electrons. The van der Waals surface area contributed by atoms with Gasteiger partial charge in [-0.1, -0.05) is 44.4 Å². The third kappa shape index (κ3) is 5.20. The number of nitrogens with zero attached hydrogens (tertiary/aromatic N) is 1. The molecule has 0 fully saturated rings. The molecule has 1 aromatic carbocycles. The number of hydrogen-bond donors (Lipinski definition) is 1. The smallest absolute Gasteiger partial charge is 0.130 e. The summed E-state index contributed by atoms with van der Waals surface area (Å²) in [6.07, 6.45) is 5.53. The molecule has 21 heavy (non-hydrogen) atoms. The fourth-order valence-corrected chi connectivity index (χ4v) is 2.21. The summed E-state index contributed by atoms with van der Waals surface area (Å²) in [5.74, 6) is 0.771. The second kappa shape index (κ2) is 8.42. The van der Waals surface area contributed by atoms with E-state index < -0.39 is 6.10 Å². The molecule has 1 aromatic heterocycles. The first kappa shape index (κ1) is 15.5. The van der Waals surface area contributed by atoms with Crippen LogP contribution in [0.4, 0.5) is 0 Å². The summed E-state index contributed by atoms with van der Waals surface area (Å²) in [7, 11) is 0. The molecule has 0 saturated carbocycles. The van der Waals surface area contributed by atoms with Crippen LogP contribution >= 0.6 is 0 Å². The lowest BCUT2D eigenvalue weighted by Gasteiger charge is -2.12. The van der Waals surface area contributed by atoms with E-state index in [0.717, 1.165) is 36.3 Å². The van der Waals surface area contributed by atoms with Crippen molar-refractivity contribution >= 4 is 0 Å². The third-order valence-electron chi connectivity index (χ3n) is 3.44. The molecule has 112 valence electrons. The van der Waals surface area contributed by atoms with Gasteiger partial charge in [-0.15, -0.1) is 0 Å². The number of aromatic nitrogens is 1. The van der Waals surface area contributed by atoms with Crippen LogP contribution in [0.3, 0.4) is 0 Å². The van der Waals surface area contributed by atoms with Crippen molar-refractivity contribution in [3.63, 3.8) is 0 Å². The van der Waals surface area contributed by atoms with Crippen LogP contribution in [-0.2, 0) is 6.61 Å². The van der Waals surface area contributed by atoms with Gasteiger partial charge in [0.25, 0.3) is 0 Å². The molecule has 0 amide bonds. The van der Waals surface area contributed by atoms with E-state index in [2.05, 4.69) is 11.9 Å². The zero-order valence-electron chi connectivity index (χ0n) is 12.5. The number of rotatable bonds is 8. The lowest BCUT2D eigenvalue weighted by molar-refractivity contribution is 0.163. The van der Waals surface area contributed by atoms with Gasteiger partial charge >= 0.3 is 0 Å². The number of aliphatic hydroxyl groups is 1. The second-order valence-corrected chi connectivity index (χ2v) is 5.19. The topological polar surface area (TPSA) is 42.4 Å². The molecule has 3 heteroatoms. The average Bonchev–Trinajstić information content (AvgIpc) is 2.54. The van der Waals surface area contributed by atoms with Crippen molar-refractivity contribution < 1.29 is 9.84 Å². The first-order chi connectivity index (χ1) is 10.3. The Balaban J connectivity index is 1.91. The summed E-state index contributed by atoms with van der Waals surface area (Å²) in [5, 5.41) is 10.2. The molecule has 0 aliphatic carbocycles. The highest BCUT2D eigenvalue weighted by molar-refractivity contribution is 5.30. The van der Waals surface area contributed by atoms with Crippen molar-refractivity contribution in [2.45, 2.75) is 45.3 Å². The Morgan fingerprint density at radius 1 is 1.14 bits per heavy atom. The summed E-state index contributed by atoms with van der Waals surface area (Å²) in [6, 6.07) is 13.5. The van der Waals surface area contributed by atoms with E-state index in [4.69, 9.17) is 4.74 Å². The molecule has 1 N–H and O–H groups in total. The molecule has 1 unspecified atom stereocenters. The van der Waals surface area contributed by atoms with E-state index in [9.17, 15) is 5.11 Å². The summed E-state index contributed by atoms with van der Waals surface area (Å²) < 4.78 is 5.73. The first-order valence-electron chi connectivity index (χ1n) is 7.60. The maximum absolute atomic E-state index is 10.2. The molecular weight excluding hydrogens is 262 g/mol. The molecule has 0 spiro atoms. The maximum atomic E-state index is 10.2. The molecule has 0 aliphatic rings. The SMILES string of the molecule is CCCCCC(O)c1cccc(OCc2ccccn2)c1. The van der Waals surface area contributed by atoms with Crippen LogP contribution in [0, 0.1) is 0 Å². The Kier molecular flexibility index (Phi) is 6.22. The number of hydrogen-bond acceptors (Lipinski definition) is 3. The van der Waals surface area contributed by atoms with Crippen molar-refractivity contribution in [2.75, 3.05) is 0 Å². The third-order valence-corrected chi connectivity index (χ3v) is 3.44. The highest BCUT2D eigenvalue weighted by Gasteiger charge is 2.08. The predicted octanol–water partition coefficient (Wildman–Crippen LogP) is 4.27. The molecule has 0 bridgehead atoms. The van der Waals surface area contributed by atoms with Gasteiger partial charge in [-0.2, -0.15) is 0 Å². The van der Waals surface area contributed by atoms with Gasteiger partial charge in [-0.3, -0.25) is 4.98 Å². The van der Waals surface area contributed by atoms with E-state index in [1.807, 2.05) is 42.5 Å². The van der Waals surface area contributed by atoms with Crippen LogP contribution in [0.1, 0.15) is 50.0 Å². The molecule has 1 heterocycles. The van der Waals surface area contributed by atoms with Crippen LogP contribution in [0.15, 0.2) is 48.7 Å². The Morgan fingerprint density at radius 2 is 2.05 bits per heavy atom. The fourth-order valence-electron chi connectivity index (χ4n) is 2.21. The van der Waals surface area contributed by atoms with Gasteiger partial charge in [-0.05, 0) is 36.2 Å². The number of aliphatic hydroxyl groups excluding tert-OH is 1. The monoisotopic (exact) mass is 285 g/mol. The standard InChI is InChI=1S/C18H23NO2/c1-2-3-4-11-18(20)15-8-7-10-17(13-15)21-14-16-9-5-6-12-19-16/h5-10,12-13,18,20H,2-4,11,14H2,1H3. The van der Waals surface area contributed by atoms with Crippen LogP contribution in [0.5, 0.6) is 5.75 Å². The molecule has 0 aliphatic heterocycles. The molecular formula is C18H23NO2. The van der Waals surface area contributed by atoms with Crippen molar-refractivity contribution in [1.82, 2.24) is 4.98 Å². The number of ether oxygens (including phenoxy) is 1. The lowest BCUT2D eigenvalue weighted by atomic mass is 10.0. The largest absolute Gasteiger partial charge is 0.487 e. The molecule has 2 rings (SSSR count). The van der Waals surface area contributed by atoms with Gasteiger partial charge in [-0.25, -0.2) is 0 Å². The fraction of sp³-hybridized carbons (Fsp3) is 0.389. The second-order valence-electron chi connectivity index (χ2n) is 5.19. The van der Waals surface area contributed by atoms with Crippen LogP contribution in [0.25, 0.3) is 0 Å². The average molecular weight is 285 g/mol. The Morgan fingerprint density at radius 3 is 2.81 bits per heavy atom. The minimum absolute atomic E-state index is 0.407. The minimum Gasteiger partial charge on any atom is -0.487 e. The normalized spacial score (nSPS) is 12.1. The zero-order chi connectivity index (χ0) is 14.9. The van der Waals surface area contributed by atoms with E-state index in [0.29, 0.717) is 6.61 Å². The molecule has 0 saturated heterocycles. The summed E-state index contributed by atoms with van der Waals surface area (Å²) >= 11 is 0. The number of pyridine rings is 1. The zero-order valence-corrected chi connectivity index (χ0v) is 12.5. The van der Waals surface area contributed by atoms with Gasteiger partial charge in [0.2, 0.25) is 0 Å². The first-order valence-corrected chi connectivity index (χ1v) is 7.60. The van der Waals surface area contributed by atoms with Crippen LogP contribution in [-0.4, -0.2) is 10.1 Å². The Bertz CT molecular complexity index is 528. The van der Waals surface area contributed by atoms with Crippen LogP contribution in [0.2, 0.25) is 0 Å². The summed E-state index contributed by atoms with van der Waals surface area (Å²) in [5.41, 5.74) is 1.82. The van der Waals surface area contributed by atoms with E-state index in [1.54, 1.807) is 6.20 Å². The number of unbranched alkanes of at least 4 members (excludes halogenated alkanes) is 2. The van der Waals surface area contributed by atoms with E-state index in [1.165, 1.54) is 6.42 Å². The Labute approximate surface area is 126 Å². The van der Waals surface area contributed by atoms with Crippen LogP contribution < -0.4 is 4.74 Å². The highest BCUT2D eigenvalue weighted by Crippen LogP contribution is 2.23. The lowest BCUT2D eigenvalue weighted by Crippen LogP contribution is -2.00. The van der Waals surface area contributed by atoms with Gasteiger partial charge in [0.1, 0.15) is 12.4 Å². The van der Waals surface area contributed by atoms with E-state index in [-0.39, 0.29) is 0 Å². The quantitative estimate of drug-likeness (QED) is 0.736. The van der Waals surface area contributed by atoms with Crippen molar-refractivity contribution in [3.8, 4) is 5.75 Å². The van der Waals surface area contributed by atoms with Gasteiger partial charge < -0.3 is 9.84 Å². The van der Waals surface area contributed by atoms with Crippen molar-refractivity contribution in [3.05, 3.63) is 59.9 Å². The van der Waals surface area contributed by atoms with Crippen molar-refractivity contribution in [1.29, 1.82) is 0 Å². The number of benzene rings is 1. The molecule has 3 nitrogen and oxygen atoms in total. The predicted molar refractivity (Wildman–Crippen MR) is 84.1 cm³/mol.